The van der Waals surface area contributed by atoms with Crippen LogP contribution in [0.4, 0.5) is 0 Å². The maximum Gasteiger partial charge on any atom is 0.338 e. The third-order valence-electron chi connectivity index (χ3n) is 6.81. The molecule has 0 aliphatic carbocycles. The molecule has 42 heavy (non-hydrogen) atoms. The Morgan fingerprint density at radius 3 is 2.50 bits per heavy atom. The van der Waals surface area contributed by atoms with Crippen molar-refractivity contribution in [1.29, 1.82) is 0 Å². The van der Waals surface area contributed by atoms with E-state index in [4.69, 9.17) is 23.4 Å². The van der Waals surface area contributed by atoms with E-state index in [2.05, 4.69) is 4.99 Å². The Morgan fingerprint density at radius 1 is 1.00 bits per heavy atom. The number of benzene rings is 2. The smallest absolute Gasteiger partial charge is 0.338 e. The van der Waals surface area contributed by atoms with E-state index in [-0.39, 0.29) is 30.5 Å². The third-order valence-corrected chi connectivity index (χ3v) is 7.79. The first-order chi connectivity index (χ1) is 20.4. The van der Waals surface area contributed by atoms with Crippen molar-refractivity contribution in [3.63, 3.8) is 0 Å². The first-order valence-corrected chi connectivity index (χ1v) is 14.2. The van der Waals surface area contributed by atoms with Crippen molar-refractivity contribution >= 4 is 29.4 Å². The number of rotatable bonds is 7. The van der Waals surface area contributed by atoms with Crippen LogP contribution in [0.1, 0.15) is 48.5 Å². The van der Waals surface area contributed by atoms with Crippen molar-refractivity contribution < 1.29 is 33.0 Å². The monoisotopic (exact) mass is 586 g/mol. The number of hydrogen-bond donors (Lipinski definition) is 0. The van der Waals surface area contributed by atoms with Gasteiger partial charge in [0, 0.05) is 11.6 Å². The summed E-state index contributed by atoms with van der Waals surface area (Å²) in [5.74, 6) is 1.23. The zero-order valence-electron chi connectivity index (χ0n) is 23.0. The SMILES string of the molecule is CCOC(=O)C1=C(C)N=c2sc(=Cc3ccc(-c4ccc(C(=O)OCC)cc4)o3)c(=O)n2[C@@H]1c1ccc2c(c1)OCO2. The molecule has 1 atom stereocenters. The Morgan fingerprint density at radius 2 is 1.74 bits per heavy atom. The highest BCUT2D eigenvalue weighted by Gasteiger charge is 2.34. The van der Waals surface area contributed by atoms with Gasteiger partial charge in [-0.1, -0.05) is 29.5 Å². The predicted octanol–water partition coefficient (Wildman–Crippen LogP) is 3.96. The van der Waals surface area contributed by atoms with Crippen LogP contribution in [0.5, 0.6) is 11.5 Å². The molecule has 2 aromatic carbocycles. The van der Waals surface area contributed by atoms with E-state index in [1.165, 1.54) is 15.9 Å². The zero-order valence-corrected chi connectivity index (χ0v) is 23.9. The summed E-state index contributed by atoms with van der Waals surface area (Å²) in [6, 6.07) is 15.0. The van der Waals surface area contributed by atoms with Gasteiger partial charge in [0.15, 0.2) is 16.3 Å². The topological polar surface area (TPSA) is 119 Å². The second-order valence-corrected chi connectivity index (χ2v) is 10.4. The summed E-state index contributed by atoms with van der Waals surface area (Å²) < 4.78 is 29.3. The average molecular weight is 587 g/mol. The number of ether oxygens (including phenoxy) is 4. The van der Waals surface area contributed by atoms with E-state index in [1.54, 1.807) is 81.4 Å². The maximum atomic E-state index is 13.9. The number of aromatic nitrogens is 1. The minimum Gasteiger partial charge on any atom is -0.463 e. The van der Waals surface area contributed by atoms with Crippen LogP contribution in [0.25, 0.3) is 17.4 Å². The number of allylic oxidation sites excluding steroid dienone is 1. The molecule has 2 aromatic heterocycles. The summed E-state index contributed by atoms with van der Waals surface area (Å²) in [6.45, 7) is 5.79. The van der Waals surface area contributed by atoms with Gasteiger partial charge in [0.05, 0.1) is 40.6 Å². The number of esters is 2. The van der Waals surface area contributed by atoms with Gasteiger partial charge in [0.25, 0.3) is 5.56 Å². The lowest BCUT2D eigenvalue weighted by molar-refractivity contribution is -0.139. The molecule has 2 aliphatic rings. The highest BCUT2D eigenvalue weighted by atomic mass is 32.1. The fraction of sp³-hybridized carbons (Fsp3) is 0.226. The van der Waals surface area contributed by atoms with E-state index in [9.17, 15) is 14.4 Å². The highest BCUT2D eigenvalue weighted by molar-refractivity contribution is 7.07. The van der Waals surface area contributed by atoms with Crippen LogP contribution in [0.15, 0.2) is 80.1 Å². The van der Waals surface area contributed by atoms with E-state index in [1.807, 2.05) is 0 Å². The fourth-order valence-corrected chi connectivity index (χ4v) is 5.92. The molecule has 2 aliphatic heterocycles. The van der Waals surface area contributed by atoms with Gasteiger partial charge in [-0.05, 0) is 62.7 Å². The van der Waals surface area contributed by atoms with E-state index in [0.717, 1.165) is 5.56 Å². The molecule has 0 N–H and O–H groups in total. The van der Waals surface area contributed by atoms with E-state index in [0.29, 0.717) is 55.8 Å². The van der Waals surface area contributed by atoms with Crippen molar-refractivity contribution in [2.24, 2.45) is 4.99 Å². The summed E-state index contributed by atoms with van der Waals surface area (Å²) in [5, 5.41) is 0. The molecule has 4 aromatic rings. The average Bonchev–Trinajstić information content (AvgIpc) is 3.72. The van der Waals surface area contributed by atoms with Gasteiger partial charge < -0.3 is 23.4 Å². The van der Waals surface area contributed by atoms with Crippen molar-refractivity contribution in [3.8, 4) is 22.8 Å². The van der Waals surface area contributed by atoms with Crippen molar-refractivity contribution in [3.05, 3.63) is 102 Å². The second kappa shape index (κ2) is 11.2. The molecule has 11 heteroatoms. The lowest BCUT2D eigenvalue weighted by atomic mass is 9.95. The van der Waals surface area contributed by atoms with Crippen LogP contribution in [0, 0.1) is 0 Å². The summed E-state index contributed by atoms with van der Waals surface area (Å²) in [5.41, 5.74) is 2.30. The lowest BCUT2D eigenvalue weighted by Gasteiger charge is -2.24. The molecule has 0 saturated carbocycles. The maximum absolute atomic E-state index is 13.9. The fourth-order valence-electron chi connectivity index (χ4n) is 4.89. The van der Waals surface area contributed by atoms with Gasteiger partial charge in [-0.2, -0.15) is 0 Å². The number of thiazole rings is 1. The Balaban J connectivity index is 1.40. The minimum atomic E-state index is -0.776. The summed E-state index contributed by atoms with van der Waals surface area (Å²) in [6.07, 6.45) is 1.65. The number of carbonyl (C=O) groups is 2. The molecule has 0 fully saturated rings. The van der Waals surface area contributed by atoms with Crippen LogP contribution in [0.2, 0.25) is 0 Å². The molecule has 0 radical (unpaired) electrons. The van der Waals surface area contributed by atoms with Crippen LogP contribution in [-0.2, 0) is 14.3 Å². The Kier molecular flexibility index (Phi) is 7.26. The summed E-state index contributed by atoms with van der Waals surface area (Å²) in [7, 11) is 0. The minimum absolute atomic E-state index is 0.0990. The molecule has 0 amide bonds. The molecule has 0 unspecified atom stereocenters. The van der Waals surface area contributed by atoms with Gasteiger partial charge in [-0.25, -0.2) is 14.6 Å². The van der Waals surface area contributed by atoms with Crippen molar-refractivity contribution in [2.45, 2.75) is 26.8 Å². The van der Waals surface area contributed by atoms with Crippen LogP contribution >= 0.6 is 11.3 Å². The van der Waals surface area contributed by atoms with E-state index < -0.39 is 12.0 Å². The molecule has 214 valence electrons. The van der Waals surface area contributed by atoms with Gasteiger partial charge in [-0.3, -0.25) is 9.36 Å². The van der Waals surface area contributed by atoms with Crippen LogP contribution < -0.4 is 24.4 Å². The normalized spacial score (nSPS) is 15.8. The third kappa shape index (κ3) is 4.92. The second-order valence-electron chi connectivity index (χ2n) is 9.41. The zero-order chi connectivity index (χ0) is 29.4. The first-order valence-electron chi connectivity index (χ1n) is 13.3. The molecule has 4 heterocycles. The number of nitrogens with zero attached hydrogens (tertiary/aromatic N) is 2. The van der Waals surface area contributed by atoms with Crippen LogP contribution in [-0.4, -0.2) is 36.5 Å². The van der Waals surface area contributed by atoms with Gasteiger partial charge >= 0.3 is 11.9 Å². The van der Waals surface area contributed by atoms with E-state index >= 15 is 0 Å². The standard InChI is InChI=1S/C31H26N2O8S/c1-4-37-29(35)19-8-6-18(7-9-19)22-13-11-21(41-22)15-25-28(34)33-27(20-10-12-23-24(14-20)40-16-39-23)26(30(36)38-5-2)17(3)32-31(33)42-25/h6-15,27H,4-5,16H2,1-3H3/t27-/m1/s1. The molecule has 10 nitrogen and oxygen atoms in total. The highest BCUT2D eigenvalue weighted by Crippen LogP contribution is 2.38. The number of hydrogen-bond acceptors (Lipinski definition) is 10. The largest absolute Gasteiger partial charge is 0.463 e. The summed E-state index contributed by atoms with van der Waals surface area (Å²) in [4.78, 5) is 44.0. The molecule has 6 rings (SSSR count). The first kappa shape index (κ1) is 27.3. The van der Waals surface area contributed by atoms with Crippen molar-refractivity contribution in [1.82, 2.24) is 4.57 Å². The Bertz CT molecular complexity index is 1910. The Labute approximate surface area is 243 Å². The molecule has 0 bridgehead atoms. The molecular formula is C31H26N2O8S. The molecule has 0 saturated heterocycles. The lowest BCUT2D eigenvalue weighted by Crippen LogP contribution is -2.39. The number of carbonyl (C=O) groups excluding carboxylic acids is 2. The predicted molar refractivity (Wildman–Crippen MR) is 153 cm³/mol. The van der Waals surface area contributed by atoms with Gasteiger partial charge in [0.2, 0.25) is 6.79 Å². The number of furan rings is 1. The molecular weight excluding hydrogens is 560 g/mol. The van der Waals surface area contributed by atoms with Gasteiger partial charge in [0.1, 0.15) is 11.5 Å². The van der Waals surface area contributed by atoms with Crippen molar-refractivity contribution in [2.75, 3.05) is 20.0 Å². The molecule has 0 spiro atoms. The quantitative estimate of drug-likeness (QED) is 0.299. The number of fused-ring (bicyclic) bond motifs is 2. The summed E-state index contributed by atoms with van der Waals surface area (Å²) >= 11 is 1.20. The Hall–Kier alpha value is -4.90. The van der Waals surface area contributed by atoms with Gasteiger partial charge in [-0.15, -0.1) is 0 Å². The van der Waals surface area contributed by atoms with Crippen LogP contribution in [0.3, 0.4) is 0 Å².